The molecule has 3 rings (SSSR count). The Hall–Kier alpha value is -1.67. The third kappa shape index (κ3) is 3.25. The number of hydrogen-bond acceptors (Lipinski definition) is 5. The maximum atomic E-state index is 11.7. The molecule has 0 aliphatic carbocycles. The zero-order chi connectivity index (χ0) is 17.4. The highest BCUT2D eigenvalue weighted by atomic mass is 35.5. The highest BCUT2D eigenvalue weighted by Gasteiger charge is 2.36. The van der Waals surface area contributed by atoms with Gasteiger partial charge in [0.05, 0.1) is 5.60 Å². The Kier molecular flexibility index (Phi) is 4.52. The monoisotopic (exact) mass is 367 g/mol. The maximum absolute atomic E-state index is 11.7. The molecule has 0 saturated carbocycles. The van der Waals surface area contributed by atoms with Crippen molar-refractivity contribution in [3.8, 4) is 0 Å². The van der Waals surface area contributed by atoms with Gasteiger partial charge in [0.2, 0.25) is 10.0 Å². The van der Waals surface area contributed by atoms with Gasteiger partial charge in [0.25, 0.3) is 0 Å². The summed E-state index contributed by atoms with van der Waals surface area (Å²) in [5, 5.41) is 16.7. The third-order valence-corrected chi connectivity index (χ3v) is 5.58. The molecule has 8 heteroatoms. The minimum atomic E-state index is -3.86. The second-order valence-electron chi connectivity index (χ2n) is 5.87. The Morgan fingerprint density at radius 3 is 2.46 bits per heavy atom. The van der Waals surface area contributed by atoms with Crippen LogP contribution in [-0.2, 0) is 15.6 Å². The van der Waals surface area contributed by atoms with Gasteiger partial charge < -0.3 is 10.0 Å². The average Bonchev–Trinajstić information content (AvgIpc) is 2.55. The van der Waals surface area contributed by atoms with Crippen LogP contribution in [0.15, 0.2) is 47.5 Å². The van der Waals surface area contributed by atoms with Crippen LogP contribution in [0.4, 0.5) is 5.82 Å². The number of benzene rings is 1. The van der Waals surface area contributed by atoms with Crippen molar-refractivity contribution in [3.63, 3.8) is 0 Å². The summed E-state index contributed by atoms with van der Waals surface area (Å²) < 4.78 is 23.5. The first-order valence-electron chi connectivity index (χ1n) is 7.51. The minimum absolute atomic E-state index is 0.00631. The summed E-state index contributed by atoms with van der Waals surface area (Å²) in [5.41, 5.74) is -0.343. The summed E-state index contributed by atoms with van der Waals surface area (Å²) in [6.45, 7) is 0.891. The standard InChI is InChI=1S/C16H18ClN3O3S/c17-13-5-2-1-4-12(13)16(21)7-10-20(11-8-16)15-14(24(18,22)23)6-3-9-19-15/h1-6,9,21H,7-8,10-11H2,(H2,18,22,23). The van der Waals surface area contributed by atoms with E-state index in [2.05, 4.69) is 4.98 Å². The number of nitrogens with two attached hydrogens (primary N) is 1. The first kappa shape index (κ1) is 17.2. The number of aromatic nitrogens is 1. The minimum Gasteiger partial charge on any atom is -0.385 e. The van der Waals surface area contributed by atoms with Crippen molar-refractivity contribution in [2.45, 2.75) is 23.3 Å². The second kappa shape index (κ2) is 6.33. The summed E-state index contributed by atoms with van der Waals surface area (Å²) in [6, 6.07) is 10.2. The lowest BCUT2D eigenvalue weighted by Gasteiger charge is -2.39. The molecule has 1 aromatic heterocycles. The van der Waals surface area contributed by atoms with Gasteiger partial charge in [0, 0.05) is 29.9 Å². The molecule has 3 N–H and O–H groups in total. The number of rotatable bonds is 3. The van der Waals surface area contributed by atoms with Gasteiger partial charge >= 0.3 is 0 Å². The quantitative estimate of drug-likeness (QED) is 0.863. The highest BCUT2D eigenvalue weighted by molar-refractivity contribution is 7.89. The Balaban J connectivity index is 1.85. The summed E-state index contributed by atoms with van der Waals surface area (Å²) in [4.78, 5) is 5.98. The van der Waals surface area contributed by atoms with Crippen LogP contribution in [0.2, 0.25) is 5.02 Å². The van der Waals surface area contributed by atoms with Gasteiger partial charge in [-0.1, -0.05) is 29.8 Å². The molecule has 6 nitrogen and oxygen atoms in total. The predicted octanol–water partition coefficient (Wildman–Crippen LogP) is 1.87. The van der Waals surface area contributed by atoms with Crippen LogP contribution in [0.5, 0.6) is 0 Å². The Morgan fingerprint density at radius 1 is 1.17 bits per heavy atom. The number of primary sulfonamides is 1. The van der Waals surface area contributed by atoms with Gasteiger partial charge in [0.15, 0.2) is 0 Å². The van der Waals surface area contributed by atoms with E-state index >= 15 is 0 Å². The molecule has 1 aromatic carbocycles. The molecule has 1 aliphatic heterocycles. The van der Waals surface area contributed by atoms with Crippen LogP contribution in [0, 0.1) is 0 Å². The first-order chi connectivity index (χ1) is 11.3. The molecular formula is C16H18ClN3O3S. The van der Waals surface area contributed by atoms with Crippen LogP contribution in [-0.4, -0.2) is 31.6 Å². The Bertz CT molecular complexity index is 849. The number of piperidine rings is 1. The molecule has 1 aliphatic rings. The smallest absolute Gasteiger partial charge is 0.241 e. The van der Waals surface area contributed by atoms with E-state index in [1.807, 2.05) is 23.1 Å². The first-order valence-corrected chi connectivity index (χ1v) is 9.44. The van der Waals surface area contributed by atoms with Gasteiger partial charge in [-0.2, -0.15) is 0 Å². The Labute approximate surface area is 145 Å². The van der Waals surface area contributed by atoms with Crippen molar-refractivity contribution in [1.82, 2.24) is 4.98 Å². The lowest BCUT2D eigenvalue weighted by molar-refractivity contribution is 0.0117. The number of pyridine rings is 1. The van der Waals surface area contributed by atoms with E-state index in [1.165, 1.54) is 18.3 Å². The largest absolute Gasteiger partial charge is 0.385 e. The molecule has 1 saturated heterocycles. The van der Waals surface area contributed by atoms with E-state index in [0.717, 1.165) is 0 Å². The molecule has 128 valence electrons. The fourth-order valence-corrected chi connectivity index (χ4v) is 4.05. The summed E-state index contributed by atoms with van der Waals surface area (Å²) >= 11 is 6.20. The van der Waals surface area contributed by atoms with Crippen molar-refractivity contribution in [1.29, 1.82) is 0 Å². The van der Waals surface area contributed by atoms with Crippen molar-refractivity contribution in [2.75, 3.05) is 18.0 Å². The number of sulfonamides is 1. The van der Waals surface area contributed by atoms with Gasteiger partial charge in [-0.05, 0) is 31.0 Å². The topological polar surface area (TPSA) is 96.5 Å². The van der Waals surface area contributed by atoms with Crippen molar-refractivity contribution in [2.24, 2.45) is 5.14 Å². The SMILES string of the molecule is NS(=O)(=O)c1cccnc1N1CCC(O)(c2ccccc2Cl)CC1. The molecule has 2 heterocycles. The van der Waals surface area contributed by atoms with E-state index in [9.17, 15) is 13.5 Å². The molecule has 0 atom stereocenters. The number of hydrogen-bond donors (Lipinski definition) is 2. The number of aliphatic hydroxyl groups is 1. The molecule has 0 bridgehead atoms. The fourth-order valence-electron chi connectivity index (χ4n) is 3.04. The molecule has 0 unspecified atom stereocenters. The van der Waals surface area contributed by atoms with Gasteiger partial charge in [-0.15, -0.1) is 0 Å². The lowest BCUT2D eigenvalue weighted by atomic mass is 9.84. The van der Waals surface area contributed by atoms with Crippen molar-refractivity contribution in [3.05, 3.63) is 53.2 Å². The van der Waals surface area contributed by atoms with Gasteiger partial charge in [0.1, 0.15) is 10.7 Å². The van der Waals surface area contributed by atoms with Gasteiger partial charge in [-0.3, -0.25) is 0 Å². The summed E-state index contributed by atoms with van der Waals surface area (Å²) in [7, 11) is -3.86. The molecule has 0 spiro atoms. The Morgan fingerprint density at radius 2 is 1.83 bits per heavy atom. The number of halogens is 1. The zero-order valence-electron chi connectivity index (χ0n) is 12.9. The summed E-state index contributed by atoms with van der Waals surface area (Å²) in [6.07, 6.45) is 2.35. The number of nitrogens with zero attached hydrogens (tertiary/aromatic N) is 2. The molecule has 24 heavy (non-hydrogen) atoms. The highest BCUT2D eigenvalue weighted by Crippen LogP contribution is 2.38. The van der Waals surface area contributed by atoms with Crippen LogP contribution in [0.1, 0.15) is 18.4 Å². The van der Waals surface area contributed by atoms with E-state index in [4.69, 9.17) is 16.7 Å². The van der Waals surface area contributed by atoms with Gasteiger partial charge in [-0.25, -0.2) is 18.5 Å². The van der Waals surface area contributed by atoms with Crippen LogP contribution >= 0.6 is 11.6 Å². The molecule has 0 amide bonds. The van der Waals surface area contributed by atoms with Crippen LogP contribution in [0.3, 0.4) is 0 Å². The predicted molar refractivity (Wildman–Crippen MR) is 92.4 cm³/mol. The number of anilines is 1. The van der Waals surface area contributed by atoms with E-state index in [0.29, 0.717) is 42.3 Å². The second-order valence-corrected chi connectivity index (χ2v) is 7.81. The lowest BCUT2D eigenvalue weighted by Crippen LogP contribution is -2.43. The molecule has 0 radical (unpaired) electrons. The zero-order valence-corrected chi connectivity index (χ0v) is 14.5. The molecule has 1 fully saturated rings. The average molecular weight is 368 g/mol. The fraction of sp³-hybridized carbons (Fsp3) is 0.312. The van der Waals surface area contributed by atoms with Crippen LogP contribution in [0.25, 0.3) is 0 Å². The van der Waals surface area contributed by atoms with Crippen LogP contribution < -0.4 is 10.0 Å². The molecule has 2 aromatic rings. The van der Waals surface area contributed by atoms with Crippen molar-refractivity contribution < 1.29 is 13.5 Å². The van der Waals surface area contributed by atoms with Crippen molar-refractivity contribution >= 4 is 27.4 Å². The molecular weight excluding hydrogens is 350 g/mol. The normalized spacial score (nSPS) is 17.7. The summed E-state index contributed by atoms with van der Waals surface area (Å²) in [5.74, 6) is 0.321. The van der Waals surface area contributed by atoms with E-state index < -0.39 is 15.6 Å². The third-order valence-electron chi connectivity index (χ3n) is 4.32. The maximum Gasteiger partial charge on any atom is 0.241 e. The van der Waals surface area contributed by atoms with E-state index in [-0.39, 0.29) is 4.90 Å². The van der Waals surface area contributed by atoms with E-state index in [1.54, 1.807) is 6.07 Å².